The first kappa shape index (κ1) is 17.5. The first-order chi connectivity index (χ1) is 12.5. The number of hydrogen-bond acceptors (Lipinski definition) is 3. The van der Waals surface area contributed by atoms with Gasteiger partial charge >= 0.3 is 0 Å². The van der Waals surface area contributed by atoms with Gasteiger partial charge in [0.15, 0.2) is 11.6 Å². The summed E-state index contributed by atoms with van der Waals surface area (Å²) in [6.45, 7) is 0.489. The SMILES string of the molecule is O=C(Nc1ccc(NCc2ccc(F)cc2)cn1)c1ccc(F)c(F)c1. The summed E-state index contributed by atoms with van der Waals surface area (Å²) in [5.41, 5.74) is 1.60. The van der Waals surface area contributed by atoms with Crippen molar-refractivity contribution in [1.82, 2.24) is 4.98 Å². The highest BCUT2D eigenvalue weighted by Gasteiger charge is 2.10. The van der Waals surface area contributed by atoms with Gasteiger partial charge in [-0.05, 0) is 48.0 Å². The van der Waals surface area contributed by atoms with E-state index >= 15 is 0 Å². The molecule has 0 bridgehead atoms. The van der Waals surface area contributed by atoms with E-state index in [1.165, 1.54) is 24.4 Å². The highest BCUT2D eigenvalue weighted by Crippen LogP contribution is 2.14. The zero-order chi connectivity index (χ0) is 18.5. The molecule has 26 heavy (non-hydrogen) atoms. The molecule has 1 amide bonds. The summed E-state index contributed by atoms with van der Waals surface area (Å²) in [6.07, 6.45) is 1.52. The van der Waals surface area contributed by atoms with Gasteiger partial charge in [-0.2, -0.15) is 0 Å². The molecule has 2 N–H and O–H groups in total. The Kier molecular flexibility index (Phi) is 5.17. The number of carbonyl (C=O) groups excluding carboxylic acids is 1. The lowest BCUT2D eigenvalue weighted by Gasteiger charge is -2.08. The number of hydrogen-bond donors (Lipinski definition) is 2. The van der Waals surface area contributed by atoms with Crippen LogP contribution in [0.25, 0.3) is 0 Å². The minimum Gasteiger partial charge on any atom is -0.380 e. The van der Waals surface area contributed by atoms with Crippen molar-refractivity contribution in [1.29, 1.82) is 0 Å². The maximum Gasteiger partial charge on any atom is 0.256 e. The van der Waals surface area contributed by atoms with E-state index in [1.54, 1.807) is 24.3 Å². The zero-order valence-electron chi connectivity index (χ0n) is 13.5. The smallest absolute Gasteiger partial charge is 0.256 e. The van der Waals surface area contributed by atoms with Gasteiger partial charge in [-0.1, -0.05) is 12.1 Å². The Hall–Kier alpha value is -3.35. The largest absolute Gasteiger partial charge is 0.380 e. The second-order valence-electron chi connectivity index (χ2n) is 5.50. The third-order valence-corrected chi connectivity index (χ3v) is 3.60. The monoisotopic (exact) mass is 357 g/mol. The number of nitrogens with zero attached hydrogens (tertiary/aromatic N) is 1. The van der Waals surface area contributed by atoms with E-state index in [2.05, 4.69) is 15.6 Å². The summed E-state index contributed by atoms with van der Waals surface area (Å²) >= 11 is 0. The third kappa shape index (κ3) is 4.38. The summed E-state index contributed by atoms with van der Waals surface area (Å²) in [4.78, 5) is 16.1. The van der Waals surface area contributed by atoms with E-state index in [0.29, 0.717) is 12.2 Å². The first-order valence-corrected chi connectivity index (χ1v) is 7.72. The number of rotatable bonds is 5. The molecule has 0 aliphatic heterocycles. The number of anilines is 2. The van der Waals surface area contributed by atoms with Gasteiger partial charge in [0, 0.05) is 12.1 Å². The molecule has 0 aliphatic carbocycles. The van der Waals surface area contributed by atoms with Gasteiger partial charge in [-0.15, -0.1) is 0 Å². The van der Waals surface area contributed by atoms with Gasteiger partial charge in [0.1, 0.15) is 11.6 Å². The van der Waals surface area contributed by atoms with Crippen LogP contribution in [0.2, 0.25) is 0 Å². The van der Waals surface area contributed by atoms with Crippen LogP contribution in [0.1, 0.15) is 15.9 Å². The Morgan fingerprint density at radius 3 is 2.35 bits per heavy atom. The number of benzene rings is 2. The van der Waals surface area contributed by atoms with Crippen molar-refractivity contribution < 1.29 is 18.0 Å². The van der Waals surface area contributed by atoms with Gasteiger partial charge in [0.25, 0.3) is 5.91 Å². The number of halogens is 3. The lowest BCUT2D eigenvalue weighted by Crippen LogP contribution is -2.13. The number of aromatic nitrogens is 1. The van der Waals surface area contributed by atoms with E-state index in [-0.39, 0.29) is 17.2 Å². The summed E-state index contributed by atoms with van der Waals surface area (Å²) in [7, 11) is 0. The molecular formula is C19H14F3N3O. The molecule has 0 aliphatic rings. The number of pyridine rings is 1. The molecular weight excluding hydrogens is 343 g/mol. The molecule has 3 rings (SSSR count). The summed E-state index contributed by atoms with van der Waals surface area (Å²) in [5, 5.41) is 5.62. The van der Waals surface area contributed by atoms with Crippen molar-refractivity contribution in [2.24, 2.45) is 0 Å². The quantitative estimate of drug-likeness (QED) is 0.713. The molecule has 0 saturated heterocycles. The van der Waals surface area contributed by atoms with E-state index in [1.807, 2.05) is 0 Å². The average Bonchev–Trinajstić information content (AvgIpc) is 2.64. The van der Waals surface area contributed by atoms with Gasteiger partial charge in [-0.3, -0.25) is 4.79 Å². The Labute approximate surface area is 147 Å². The van der Waals surface area contributed by atoms with Crippen LogP contribution < -0.4 is 10.6 Å². The summed E-state index contributed by atoms with van der Waals surface area (Å²) in [5.74, 6) is -2.73. The van der Waals surface area contributed by atoms with Crippen LogP contribution >= 0.6 is 0 Å². The van der Waals surface area contributed by atoms with E-state index in [4.69, 9.17) is 0 Å². The lowest BCUT2D eigenvalue weighted by molar-refractivity contribution is 0.102. The van der Waals surface area contributed by atoms with Crippen molar-refractivity contribution in [2.75, 3.05) is 10.6 Å². The van der Waals surface area contributed by atoms with Gasteiger partial charge in [-0.25, -0.2) is 18.2 Å². The number of nitrogens with one attached hydrogen (secondary N) is 2. The van der Waals surface area contributed by atoms with Crippen LogP contribution in [0, 0.1) is 17.5 Å². The van der Waals surface area contributed by atoms with E-state index in [9.17, 15) is 18.0 Å². The fraction of sp³-hybridized carbons (Fsp3) is 0.0526. The molecule has 0 unspecified atom stereocenters. The molecule has 0 spiro atoms. The second kappa shape index (κ2) is 7.69. The molecule has 3 aromatic rings. The molecule has 0 saturated carbocycles. The van der Waals surface area contributed by atoms with Crippen LogP contribution in [-0.4, -0.2) is 10.9 Å². The fourth-order valence-electron chi connectivity index (χ4n) is 2.20. The molecule has 132 valence electrons. The van der Waals surface area contributed by atoms with Crippen LogP contribution in [-0.2, 0) is 6.54 Å². The summed E-state index contributed by atoms with van der Waals surface area (Å²) in [6, 6.07) is 12.3. The predicted molar refractivity (Wildman–Crippen MR) is 92.3 cm³/mol. The van der Waals surface area contributed by atoms with Crippen molar-refractivity contribution in [2.45, 2.75) is 6.54 Å². The zero-order valence-corrected chi connectivity index (χ0v) is 13.5. The standard InChI is InChI=1S/C19H14F3N3O/c20-14-4-1-12(2-5-14)10-23-15-6-8-18(24-11-15)25-19(26)13-3-7-16(21)17(22)9-13/h1-9,11,23H,10H2,(H,24,25,26). The lowest BCUT2D eigenvalue weighted by atomic mass is 10.2. The molecule has 4 nitrogen and oxygen atoms in total. The van der Waals surface area contributed by atoms with Crippen LogP contribution in [0.15, 0.2) is 60.8 Å². The van der Waals surface area contributed by atoms with E-state index in [0.717, 1.165) is 17.7 Å². The molecule has 0 radical (unpaired) electrons. The maximum atomic E-state index is 13.2. The number of amides is 1. The van der Waals surface area contributed by atoms with Crippen molar-refractivity contribution in [3.05, 3.63) is 89.4 Å². The minimum atomic E-state index is -1.09. The van der Waals surface area contributed by atoms with Gasteiger partial charge in [0.05, 0.1) is 11.9 Å². The maximum absolute atomic E-state index is 13.2. The summed E-state index contributed by atoms with van der Waals surface area (Å²) < 4.78 is 38.9. The molecule has 2 aromatic carbocycles. The van der Waals surface area contributed by atoms with Crippen LogP contribution in [0.5, 0.6) is 0 Å². The van der Waals surface area contributed by atoms with Gasteiger partial charge < -0.3 is 10.6 Å². The minimum absolute atomic E-state index is 0.00999. The molecule has 0 atom stereocenters. The fourth-order valence-corrected chi connectivity index (χ4v) is 2.20. The normalized spacial score (nSPS) is 10.4. The van der Waals surface area contributed by atoms with Crippen molar-refractivity contribution in [3.8, 4) is 0 Å². The van der Waals surface area contributed by atoms with Crippen LogP contribution in [0.4, 0.5) is 24.7 Å². The van der Waals surface area contributed by atoms with Crippen molar-refractivity contribution >= 4 is 17.4 Å². The molecule has 0 fully saturated rings. The Morgan fingerprint density at radius 2 is 1.69 bits per heavy atom. The number of carbonyl (C=O) groups is 1. The first-order valence-electron chi connectivity index (χ1n) is 7.72. The molecule has 1 aromatic heterocycles. The van der Waals surface area contributed by atoms with Crippen LogP contribution in [0.3, 0.4) is 0 Å². The highest BCUT2D eigenvalue weighted by molar-refractivity contribution is 6.03. The van der Waals surface area contributed by atoms with Crippen molar-refractivity contribution in [3.63, 3.8) is 0 Å². The topological polar surface area (TPSA) is 54.0 Å². The second-order valence-corrected chi connectivity index (χ2v) is 5.50. The third-order valence-electron chi connectivity index (χ3n) is 3.60. The Morgan fingerprint density at radius 1 is 0.923 bits per heavy atom. The highest BCUT2D eigenvalue weighted by atomic mass is 19.2. The Bertz CT molecular complexity index is 912. The van der Waals surface area contributed by atoms with Gasteiger partial charge in [0.2, 0.25) is 0 Å². The predicted octanol–water partition coefficient (Wildman–Crippen LogP) is 4.36. The average molecular weight is 357 g/mol. The molecule has 7 heteroatoms. The molecule has 1 heterocycles. The van der Waals surface area contributed by atoms with E-state index < -0.39 is 17.5 Å². The Balaban J connectivity index is 1.59.